The van der Waals surface area contributed by atoms with Crippen LogP contribution >= 0.6 is 0 Å². The Hall–Kier alpha value is -2.27. The average Bonchev–Trinajstić information content (AvgIpc) is 3.29. The molecule has 0 aliphatic carbocycles. The first-order chi connectivity index (χ1) is 11.2. The fourth-order valence-electron chi connectivity index (χ4n) is 2.62. The molecule has 0 aromatic carbocycles. The minimum Gasteiger partial charge on any atom is -0.379 e. The van der Waals surface area contributed by atoms with Crippen molar-refractivity contribution in [1.29, 1.82) is 0 Å². The van der Waals surface area contributed by atoms with Gasteiger partial charge < -0.3 is 14.6 Å². The van der Waals surface area contributed by atoms with Crippen LogP contribution in [0.4, 0.5) is 0 Å². The van der Waals surface area contributed by atoms with Crippen molar-refractivity contribution < 1.29 is 9.53 Å². The summed E-state index contributed by atoms with van der Waals surface area (Å²) in [6, 6.07) is 0. The van der Waals surface area contributed by atoms with Crippen molar-refractivity contribution in [3.8, 4) is 12.3 Å². The molecule has 1 aromatic heterocycles. The van der Waals surface area contributed by atoms with Gasteiger partial charge in [-0.1, -0.05) is 0 Å². The van der Waals surface area contributed by atoms with Crippen LogP contribution < -0.4 is 5.32 Å². The number of nitrogens with one attached hydrogen (secondary N) is 1. The Morgan fingerprint density at radius 3 is 3.00 bits per heavy atom. The predicted octanol–water partition coefficient (Wildman–Crippen LogP) is 0.823. The quantitative estimate of drug-likeness (QED) is 0.754. The van der Waals surface area contributed by atoms with Gasteiger partial charge in [0, 0.05) is 38.6 Å². The maximum atomic E-state index is 12.0. The van der Waals surface area contributed by atoms with Crippen molar-refractivity contribution in [2.75, 3.05) is 13.2 Å². The van der Waals surface area contributed by atoms with Crippen LogP contribution in [-0.2, 0) is 29.0 Å². The summed E-state index contributed by atoms with van der Waals surface area (Å²) in [4.78, 5) is 12.0. The Bertz CT molecular complexity index is 639. The predicted molar refractivity (Wildman–Crippen MR) is 81.3 cm³/mol. The minimum atomic E-state index is -0.410. The number of carbonyl (C=O) groups excluding carboxylic acids is 1. The maximum Gasteiger partial charge on any atom is 0.220 e. The van der Waals surface area contributed by atoms with E-state index >= 15 is 0 Å². The lowest BCUT2D eigenvalue weighted by Gasteiger charge is -2.10. The molecule has 0 atom stereocenters. The number of rotatable bonds is 7. The lowest BCUT2D eigenvalue weighted by Crippen LogP contribution is -2.26. The van der Waals surface area contributed by atoms with Crippen LogP contribution in [0, 0.1) is 12.3 Å². The van der Waals surface area contributed by atoms with E-state index in [1.54, 1.807) is 0 Å². The number of amides is 1. The number of hydrogen-bond acceptors (Lipinski definition) is 6. The maximum absolute atomic E-state index is 12.0. The molecule has 1 amide bonds. The van der Waals surface area contributed by atoms with Crippen molar-refractivity contribution in [3.05, 3.63) is 11.6 Å². The Labute approximate surface area is 134 Å². The van der Waals surface area contributed by atoms with E-state index in [4.69, 9.17) is 11.2 Å². The van der Waals surface area contributed by atoms with E-state index in [-0.39, 0.29) is 5.91 Å². The number of carbonyl (C=O) groups is 1. The number of nitrogens with zero attached hydrogens (tertiary/aromatic N) is 5. The Morgan fingerprint density at radius 2 is 2.22 bits per heavy atom. The molecular weight excluding hydrogens is 296 g/mol. The summed E-state index contributed by atoms with van der Waals surface area (Å²) < 4.78 is 7.44. The molecule has 3 heterocycles. The van der Waals surface area contributed by atoms with Crippen LogP contribution in [0.15, 0.2) is 10.2 Å². The van der Waals surface area contributed by atoms with Gasteiger partial charge in [0.05, 0.1) is 19.8 Å². The first-order valence-corrected chi connectivity index (χ1v) is 7.85. The summed E-state index contributed by atoms with van der Waals surface area (Å²) >= 11 is 0. The molecular formula is C15H20N6O2. The molecule has 0 spiro atoms. The fourth-order valence-corrected chi connectivity index (χ4v) is 2.62. The van der Waals surface area contributed by atoms with Crippen molar-refractivity contribution >= 4 is 5.91 Å². The molecule has 3 rings (SSSR count). The summed E-state index contributed by atoms with van der Waals surface area (Å²) in [6.07, 6.45) is 8.33. The van der Waals surface area contributed by atoms with E-state index in [1.165, 1.54) is 0 Å². The zero-order chi connectivity index (χ0) is 16.1. The lowest BCUT2D eigenvalue weighted by molar-refractivity contribution is -0.121. The van der Waals surface area contributed by atoms with Gasteiger partial charge in [-0.3, -0.25) is 4.79 Å². The third kappa shape index (κ3) is 3.93. The molecule has 8 heteroatoms. The molecule has 0 saturated carbocycles. The first kappa shape index (κ1) is 15.6. The largest absolute Gasteiger partial charge is 0.379 e. The highest BCUT2D eigenvalue weighted by Gasteiger charge is 2.39. The summed E-state index contributed by atoms with van der Waals surface area (Å²) in [6.45, 7) is 2.40. The van der Waals surface area contributed by atoms with Gasteiger partial charge in [0.1, 0.15) is 5.82 Å². The van der Waals surface area contributed by atoms with Crippen molar-refractivity contribution in [2.45, 2.75) is 50.9 Å². The molecule has 0 fully saturated rings. The minimum absolute atomic E-state index is 0.0374. The SMILES string of the molecule is C#CCCC1(CCC(=O)NCc2nnc3n2CCOCC3)N=N1. The molecule has 8 nitrogen and oxygen atoms in total. The zero-order valence-corrected chi connectivity index (χ0v) is 13.0. The smallest absolute Gasteiger partial charge is 0.220 e. The Kier molecular flexibility index (Phi) is 4.67. The summed E-state index contributed by atoms with van der Waals surface area (Å²) in [5.41, 5.74) is -0.410. The van der Waals surface area contributed by atoms with Crippen LogP contribution in [0.5, 0.6) is 0 Å². The third-order valence-electron chi connectivity index (χ3n) is 4.08. The van der Waals surface area contributed by atoms with Gasteiger partial charge >= 0.3 is 0 Å². The second-order valence-corrected chi connectivity index (χ2v) is 5.71. The van der Waals surface area contributed by atoms with Crippen LogP contribution in [0.2, 0.25) is 0 Å². The molecule has 2 aliphatic rings. The Morgan fingerprint density at radius 1 is 1.35 bits per heavy atom. The van der Waals surface area contributed by atoms with Gasteiger partial charge in [0.2, 0.25) is 5.91 Å². The second-order valence-electron chi connectivity index (χ2n) is 5.71. The highest BCUT2D eigenvalue weighted by Crippen LogP contribution is 2.37. The standard InChI is InChI=1S/C15H20N6O2/c1-2-3-6-15(19-20-15)7-4-14(22)16-11-13-18-17-12-5-9-23-10-8-21(12)13/h1H,3-11H2,(H,16,22). The zero-order valence-electron chi connectivity index (χ0n) is 13.0. The molecule has 0 unspecified atom stereocenters. The van der Waals surface area contributed by atoms with Crippen molar-refractivity contribution in [2.24, 2.45) is 10.2 Å². The number of hydrogen-bond donors (Lipinski definition) is 1. The monoisotopic (exact) mass is 316 g/mol. The highest BCUT2D eigenvalue weighted by atomic mass is 16.5. The van der Waals surface area contributed by atoms with E-state index in [0.717, 1.165) is 24.6 Å². The molecule has 2 aliphatic heterocycles. The molecule has 0 saturated heterocycles. The van der Waals surface area contributed by atoms with Crippen LogP contribution in [0.25, 0.3) is 0 Å². The van der Waals surface area contributed by atoms with Crippen molar-refractivity contribution in [3.63, 3.8) is 0 Å². The van der Waals surface area contributed by atoms with E-state index in [1.807, 2.05) is 4.57 Å². The topological polar surface area (TPSA) is 93.8 Å². The van der Waals surface area contributed by atoms with Gasteiger partial charge in [-0.05, 0) is 0 Å². The Balaban J connectivity index is 1.45. The normalized spacial score (nSPS) is 17.9. The molecule has 0 bridgehead atoms. The van der Waals surface area contributed by atoms with Gasteiger partial charge in [-0.25, -0.2) is 0 Å². The van der Waals surface area contributed by atoms with E-state index in [0.29, 0.717) is 45.4 Å². The summed E-state index contributed by atoms with van der Waals surface area (Å²) in [5.74, 6) is 4.22. The molecule has 0 radical (unpaired) electrons. The second kappa shape index (κ2) is 6.87. The number of terminal acetylenes is 1. The van der Waals surface area contributed by atoms with Crippen LogP contribution in [0.3, 0.4) is 0 Å². The number of aromatic nitrogens is 3. The van der Waals surface area contributed by atoms with Gasteiger partial charge in [-0.2, -0.15) is 10.2 Å². The molecule has 1 N–H and O–H groups in total. The van der Waals surface area contributed by atoms with E-state index in [9.17, 15) is 4.79 Å². The van der Waals surface area contributed by atoms with Gasteiger partial charge in [-0.15, -0.1) is 22.5 Å². The average molecular weight is 316 g/mol. The van der Waals surface area contributed by atoms with Crippen molar-refractivity contribution in [1.82, 2.24) is 20.1 Å². The first-order valence-electron chi connectivity index (χ1n) is 7.85. The summed E-state index contributed by atoms with van der Waals surface area (Å²) in [7, 11) is 0. The highest BCUT2D eigenvalue weighted by molar-refractivity contribution is 5.75. The van der Waals surface area contributed by atoms with Crippen LogP contribution in [0.1, 0.15) is 37.3 Å². The molecule has 122 valence electrons. The van der Waals surface area contributed by atoms with E-state index in [2.05, 4.69) is 31.7 Å². The molecule has 1 aromatic rings. The fraction of sp³-hybridized carbons (Fsp3) is 0.667. The lowest BCUT2D eigenvalue weighted by atomic mass is 10.0. The summed E-state index contributed by atoms with van der Waals surface area (Å²) in [5, 5.41) is 19.3. The van der Waals surface area contributed by atoms with E-state index < -0.39 is 5.66 Å². The third-order valence-corrected chi connectivity index (χ3v) is 4.08. The van der Waals surface area contributed by atoms with Gasteiger partial charge in [0.15, 0.2) is 11.5 Å². The number of fused-ring (bicyclic) bond motifs is 1. The molecule has 23 heavy (non-hydrogen) atoms. The van der Waals surface area contributed by atoms with Crippen LogP contribution in [-0.4, -0.2) is 39.5 Å². The van der Waals surface area contributed by atoms with Gasteiger partial charge in [0.25, 0.3) is 0 Å². The number of ether oxygens (including phenoxy) is 1.